The number of hydrogen-bond acceptors (Lipinski definition) is 3. The van der Waals surface area contributed by atoms with Crippen LogP contribution < -0.4 is 5.73 Å². The average molecular weight is 307 g/mol. The Morgan fingerprint density at radius 2 is 1.90 bits per heavy atom. The highest BCUT2D eigenvalue weighted by Crippen LogP contribution is 2.41. The fraction of sp³-hybridized carbons (Fsp3) is 0.500. The zero-order valence-electron chi connectivity index (χ0n) is 11.4. The van der Waals surface area contributed by atoms with Crippen molar-refractivity contribution in [1.29, 1.82) is 0 Å². The van der Waals surface area contributed by atoms with Crippen LogP contribution in [-0.2, 0) is 6.54 Å². The Balaban J connectivity index is 1.63. The van der Waals surface area contributed by atoms with E-state index in [1.807, 2.05) is 11.3 Å². The molecule has 2 saturated heterocycles. The molecule has 20 heavy (non-hydrogen) atoms. The molecule has 2 atom stereocenters. The van der Waals surface area contributed by atoms with Gasteiger partial charge in [-0.25, -0.2) is 0 Å². The number of hydrogen-bond donors (Lipinski definition) is 1. The van der Waals surface area contributed by atoms with Crippen LogP contribution in [0.2, 0.25) is 5.02 Å². The second-order valence-corrected chi connectivity index (χ2v) is 7.64. The summed E-state index contributed by atoms with van der Waals surface area (Å²) in [6, 6.07) is 10.2. The van der Waals surface area contributed by atoms with Crippen LogP contribution in [0.4, 0.5) is 0 Å². The van der Waals surface area contributed by atoms with Gasteiger partial charge >= 0.3 is 0 Å². The molecule has 4 rings (SSSR count). The lowest BCUT2D eigenvalue weighted by Crippen LogP contribution is -2.46. The molecule has 2 aliphatic heterocycles. The number of benzene rings is 1. The fourth-order valence-electron chi connectivity index (χ4n) is 3.91. The van der Waals surface area contributed by atoms with Crippen molar-refractivity contribution in [3.05, 3.63) is 34.2 Å². The third-order valence-corrected chi connectivity index (χ3v) is 6.55. The van der Waals surface area contributed by atoms with Gasteiger partial charge in [-0.05, 0) is 31.7 Å². The molecule has 0 saturated carbocycles. The molecule has 2 nitrogen and oxygen atoms in total. The summed E-state index contributed by atoms with van der Waals surface area (Å²) in [6.45, 7) is 1.00. The van der Waals surface area contributed by atoms with Crippen molar-refractivity contribution in [2.24, 2.45) is 5.73 Å². The van der Waals surface area contributed by atoms with Gasteiger partial charge in [-0.2, -0.15) is 0 Å². The summed E-state index contributed by atoms with van der Waals surface area (Å²) in [5.74, 6) is 0. The molecule has 0 spiro atoms. The predicted molar refractivity (Wildman–Crippen MR) is 86.4 cm³/mol. The highest BCUT2D eigenvalue weighted by atomic mass is 35.5. The molecule has 1 aromatic carbocycles. The summed E-state index contributed by atoms with van der Waals surface area (Å²) in [4.78, 5) is 3.97. The van der Waals surface area contributed by atoms with E-state index in [0.717, 1.165) is 24.4 Å². The first-order chi connectivity index (χ1) is 9.72. The minimum absolute atomic E-state index is 0.404. The van der Waals surface area contributed by atoms with Gasteiger partial charge in [0, 0.05) is 39.6 Å². The lowest BCUT2D eigenvalue weighted by atomic mass is 9.98. The Labute approximate surface area is 128 Å². The van der Waals surface area contributed by atoms with Crippen molar-refractivity contribution in [3.8, 4) is 0 Å². The van der Waals surface area contributed by atoms with Crippen LogP contribution in [0.1, 0.15) is 30.6 Å². The molecule has 2 aliphatic rings. The highest BCUT2D eigenvalue weighted by Gasteiger charge is 2.39. The minimum Gasteiger partial charge on any atom is -0.328 e. The van der Waals surface area contributed by atoms with Crippen molar-refractivity contribution in [1.82, 2.24) is 4.90 Å². The van der Waals surface area contributed by atoms with Crippen molar-refractivity contribution < 1.29 is 0 Å². The van der Waals surface area contributed by atoms with Gasteiger partial charge < -0.3 is 5.73 Å². The molecule has 0 amide bonds. The zero-order valence-corrected chi connectivity index (χ0v) is 13.0. The van der Waals surface area contributed by atoms with Gasteiger partial charge in [0.1, 0.15) is 0 Å². The van der Waals surface area contributed by atoms with Crippen LogP contribution in [0.25, 0.3) is 10.1 Å². The Hall–Kier alpha value is -0.610. The van der Waals surface area contributed by atoms with E-state index >= 15 is 0 Å². The molecule has 3 heterocycles. The van der Waals surface area contributed by atoms with Gasteiger partial charge in [0.25, 0.3) is 0 Å². The number of nitrogens with two attached hydrogens (primary N) is 1. The van der Waals surface area contributed by atoms with Gasteiger partial charge in [-0.3, -0.25) is 4.90 Å². The Bertz CT molecular complexity index is 624. The molecule has 0 aliphatic carbocycles. The maximum absolute atomic E-state index is 6.58. The molecule has 0 radical (unpaired) electrons. The molecular weight excluding hydrogens is 288 g/mol. The lowest BCUT2D eigenvalue weighted by molar-refractivity contribution is 0.121. The SMILES string of the molecule is NC1CC2CCC(C1)N2Cc1sc2ccccc2c1Cl. The Morgan fingerprint density at radius 1 is 1.20 bits per heavy atom. The maximum atomic E-state index is 6.58. The quantitative estimate of drug-likeness (QED) is 0.908. The average Bonchev–Trinajstić information content (AvgIpc) is 2.87. The van der Waals surface area contributed by atoms with E-state index < -0.39 is 0 Å². The highest BCUT2D eigenvalue weighted by molar-refractivity contribution is 7.19. The summed E-state index contributed by atoms with van der Waals surface area (Å²) >= 11 is 8.43. The van der Waals surface area contributed by atoms with Crippen LogP contribution in [0, 0.1) is 0 Å². The third-order valence-electron chi connectivity index (χ3n) is 4.85. The summed E-state index contributed by atoms with van der Waals surface area (Å²) in [6.07, 6.45) is 4.92. The van der Waals surface area contributed by atoms with Gasteiger partial charge in [0.2, 0.25) is 0 Å². The van der Waals surface area contributed by atoms with Crippen LogP contribution in [0.3, 0.4) is 0 Å². The van der Waals surface area contributed by atoms with Crippen LogP contribution in [-0.4, -0.2) is 23.0 Å². The van der Waals surface area contributed by atoms with Crippen molar-refractivity contribution in [3.63, 3.8) is 0 Å². The Kier molecular flexibility index (Phi) is 3.26. The molecular formula is C16H19ClN2S. The second-order valence-electron chi connectivity index (χ2n) is 6.12. The summed E-state index contributed by atoms with van der Waals surface area (Å²) < 4.78 is 1.30. The van der Waals surface area contributed by atoms with Crippen molar-refractivity contribution >= 4 is 33.0 Å². The number of nitrogens with zero attached hydrogens (tertiary/aromatic N) is 1. The first-order valence-electron chi connectivity index (χ1n) is 7.39. The molecule has 2 bridgehead atoms. The Morgan fingerprint density at radius 3 is 2.60 bits per heavy atom. The molecule has 2 unspecified atom stereocenters. The smallest absolute Gasteiger partial charge is 0.0637 e. The molecule has 2 fully saturated rings. The zero-order chi connectivity index (χ0) is 13.7. The van der Waals surface area contributed by atoms with Crippen LogP contribution >= 0.6 is 22.9 Å². The van der Waals surface area contributed by atoms with Gasteiger partial charge in [0.15, 0.2) is 0 Å². The van der Waals surface area contributed by atoms with Crippen molar-refractivity contribution in [2.45, 2.75) is 50.4 Å². The summed E-state index contributed by atoms with van der Waals surface area (Å²) in [7, 11) is 0. The van der Waals surface area contributed by atoms with Crippen LogP contribution in [0.15, 0.2) is 24.3 Å². The molecule has 4 heteroatoms. The third kappa shape index (κ3) is 2.08. The molecule has 2 N–H and O–H groups in total. The summed E-state index contributed by atoms with van der Waals surface area (Å²) in [5, 5.41) is 2.16. The van der Waals surface area contributed by atoms with Crippen molar-refractivity contribution in [2.75, 3.05) is 0 Å². The molecule has 106 valence electrons. The number of fused-ring (bicyclic) bond motifs is 3. The summed E-state index contributed by atoms with van der Waals surface area (Å²) in [5.41, 5.74) is 6.15. The standard InChI is InChI=1S/C16H19ClN2S/c17-16-13-3-1-2-4-14(13)20-15(16)9-19-11-5-6-12(19)8-10(18)7-11/h1-4,10-12H,5-9,18H2. The number of thiophene rings is 1. The molecule has 2 aromatic rings. The first kappa shape index (κ1) is 13.1. The van der Waals surface area contributed by atoms with Gasteiger partial charge in [-0.1, -0.05) is 29.8 Å². The van der Waals surface area contributed by atoms with E-state index in [4.69, 9.17) is 17.3 Å². The molecule has 1 aromatic heterocycles. The van der Waals surface area contributed by atoms with E-state index in [9.17, 15) is 0 Å². The lowest BCUT2D eigenvalue weighted by Gasteiger charge is -2.37. The first-order valence-corrected chi connectivity index (χ1v) is 8.59. The largest absolute Gasteiger partial charge is 0.328 e. The van der Waals surface area contributed by atoms with E-state index in [0.29, 0.717) is 18.1 Å². The van der Waals surface area contributed by atoms with Gasteiger partial charge in [0.05, 0.1) is 5.02 Å². The second kappa shape index (κ2) is 4.99. The van der Waals surface area contributed by atoms with E-state index in [-0.39, 0.29) is 0 Å². The van der Waals surface area contributed by atoms with E-state index in [2.05, 4.69) is 29.2 Å². The van der Waals surface area contributed by atoms with E-state index in [1.165, 1.54) is 27.8 Å². The van der Waals surface area contributed by atoms with E-state index in [1.54, 1.807) is 0 Å². The number of piperidine rings is 1. The maximum Gasteiger partial charge on any atom is 0.0637 e. The monoisotopic (exact) mass is 306 g/mol. The predicted octanol–water partition coefficient (Wildman–Crippen LogP) is 4.01. The van der Waals surface area contributed by atoms with Crippen LogP contribution in [0.5, 0.6) is 0 Å². The fourth-order valence-corrected chi connectivity index (χ4v) is 5.41. The number of halogens is 1. The topological polar surface area (TPSA) is 29.3 Å². The minimum atomic E-state index is 0.404. The normalized spacial score (nSPS) is 30.2. The van der Waals surface area contributed by atoms with Gasteiger partial charge in [-0.15, -0.1) is 11.3 Å². The number of rotatable bonds is 2.